The fourth-order valence-electron chi connectivity index (χ4n) is 2.67. The van der Waals surface area contributed by atoms with E-state index >= 15 is 0 Å². The molecule has 0 aliphatic heterocycles. The fourth-order valence-corrected chi connectivity index (χ4v) is 3.89. The van der Waals surface area contributed by atoms with Crippen molar-refractivity contribution in [3.05, 3.63) is 27.1 Å². The summed E-state index contributed by atoms with van der Waals surface area (Å²) in [5, 5.41) is 9.47. The van der Waals surface area contributed by atoms with E-state index in [2.05, 4.69) is 4.98 Å². The zero-order chi connectivity index (χ0) is 13.9. The van der Waals surface area contributed by atoms with Crippen LogP contribution in [0.3, 0.4) is 0 Å². The fraction of sp³-hybridized carbons (Fsp3) is 0.571. The van der Waals surface area contributed by atoms with Crippen molar-refractivity contribution >= 4 is 21.6 Å². The van der Waals surface area contributed by atoms with Crippen molar-refractivity contribution in [2.75, 3.05) is 19.8 Å². The molecule has 5 nitrogen and oxygen atoms in total. The van der Waals surface area contributed by atoms with Crippen molar-refractivity contribution in [3.63, 3.8) is 0 Å². The van der Waals surface area contributed by atoms with Crippen LogP contribution >= 0.6 is 11.3 Å². The van der Waals surface area contributed by atoms with Crippen molar-refractivity contribution in [1.82, 2.24) is 9.55 Å². The van der Waals surface area contributed by atoms with Crippen molar-refractivity contribution in [1.29, 1.82) is 0 Å². The molecule has 0 saturated heterocycles. The predicted octanol–water partition coefficient (Wildman–Crippen LogP) is 1.35. The van der Waals surface area contributed by atoms with E-state index in [0.29, 0.717) is 19.8 Å². The first-order valence-electron chi connectivity index (χ1n) is 6.99. The monoisotopic (exact) mass is 294 g/mol. The lowest BCUT2D eigenvalue weighted by molar-refractivity contribution is 0.0865. The highest BCUT2D eigenvalue weighted by Gasteiger charge is 2.19. The van der Waals surface area contributed by atoms with Crippen LogP contribution in [0, 0.1) is 0 Å². The molecule has 0 aromatic carbocycles. The molecule has 3 rings (SSSR count). The summed E-state index contributed by atoms with van der Waals surface area (Å²) >= 11 is 1.67. The van der Waals surface area contributed by atoms with E-state index in [1.165, 1.54) is 16.9 Å². The van der Waals surface area contributed by atoms with Crippen molar-refractivity contribution in [2.45, 2.75) is 32.2 Å². The van der Waals surface area contributed by atoms with E-state index in [4.69, 9.17) is 9.84 Å². The number of rotatable bonds is 5. The first kappa shape index (κ1) is 13.7. The molecule has 0 radical (unpaired) electrons. The second-order valence-electron chi connectivity index (χ2n) is 4.97. The Bertz CT molecular complexity index is 662. The number of aromatic nitrogens is 2. The Morgan fingerprint density at radius 1 is 1.35 bits per heavy atom. The van der Waals surface area contributed by atoms with E-state index in [1.807, 2.05) is 0 Å². The van der Waals surface area contributed by atoms with E-state index in [9.17, 15) is 4.79 Å². The molecule has 2 aromatic heterocycles. The minimum absolute atomic E-state index is 0.00419. The molecule has 0 spiro atoms. The summed E-state index contributed by atoms with van der Waals surface area (Å²) in [7, 11) is 0. The highest BCUT2D eigenvalue weighted by atomic mass is 32.1. The average Bonchev–Trinajstić information content (AvgIpc) is 2.85. The molecule has 1 N–H and O–H groups in total. The SMILES string of the molecule is O=c1c2c3c(sc2ncn1CCOCCO)CCCC3. The molecule has 0 atom stereocenters. The van der Waals surface area contributed by atoms with E-state index in [-0.39, 0.29) is 12.2 Å². The Morgan fingerprint density at radius 3 is 3.05 bits per heavy atom. The molecule has 1 aliphatic carbocycles. The summed E-state index contributed by atoms with van der Waals surface area (Å²) in [6.45, 7) is 1.20. The second kappa shape index (κ2) is 6.03. The van der Waals surface area contributed by atoms with Crippen LogP contribution in [-0.2, 0) is 24.1 Å². The Balaban J connectivity index is 1.91. The number of fused-ring (bicyclic) bond motifs is 3. The topological polar surface area (TPSA) is 64.4 Å². The van der Waals surface area contributed by atoms with Crippen LogP contribution in [0.2, 0.25) is 0 Å². The molecule has 0 fully saturated rings. The molecule has 0 unspecified atom stereocenters. The second-order valence-corrected chi connectivity index (χ2v) is 6.05. The normalized spacial score (nSPS) is 14.7. The van der Waals surface area contributed by atoms with Crippen LogP contribution < -0.4 is 5.56 Å². The first-order valence-corrected chi connectivity index (χ1v) is 7.81. The lowest BCUT2D eigenvalue weighted by atomic mass is 9.97. The van der Waals surface area contributed by atoms with Gasteiger partial charge in [-0.05, 0) is 31.2 Å². The van der Waals surface area contributed by atoms with Gasteiger partial charge in [-0.15, -0.1) is 11.3 Å². The van der Waals surface area contributed by atoms with Gasteiger partial charge in [0.2, 0.25) is 0 Å². The molecule has 2 heterocycles. The van der Waals surface area contributed by atoms with E-state index in [0.717, 1.165) is 29.5 Å². The number of hydrogen-bond acceptors (Lipinski definition) is 5. The van der Waals surface area contributed by atoms with Crippen LogP contribution in [0.25, 0.3) is 10.2 Å². The number of aliphatic hydroxyl groups is 1. The van der Waals surface area contributed by atoms with Gasteiger partial charge in [-0.3, -0.25) is 9.36 Å². The molecule has 1 aliphatic rings. The number of ether oxygens (including phenoxy) is 1. The van der Waals surface area contributed by atoms with Gasteiger partial charge in [0, 0.05) is 4.88 Å². The summed E-state index contributed by atoms with van der Waals surface area (Å²) in [5.74, 6) is 0. The maximum atomic E-state index is 12.5. The zero-order valence-electron chi connectivity index (χ0n) is 11.3. The maximum absolute atomic E-state index is 12.5. The quantitative estimate of drug-likeness (QED) is 0.845. The maximum Gasteiger partial charge on any atom is 0.262 e. The highest BCUT2D eigenvalue weighted by molar-refractivity contribution is 7.18. The lowest BCUT2D eigenvalue weighted by Gasteiger charge is -2.10. The summed E-state index contributed by atoms with van der Waals surface area (Å²) in [6, 6.07) is 0. The molecule has 0 saturated carbocycles. The Morgan fingerprint density at radius 2 is 2.20 bits per heavy atom. The number of nitrogens with zero attached hydrogens (tertiary/aromatic N) is 2. The van der Waals surface area contributed by atoms with Crippen molar-refractivity contribution in [2.24, 2.45) is 0 Å². The largest absolute Gasteiger partial charge is 0.394 e. The van der Waals surface area contributed by atoms with Crippen molar-refractivity contribution in [3.8, 4) is 0 Å². The third-order valence-electron chi connectivity index (χ3n) is 3.65. The van der Waals surface area contributed by atoms with Crippen LogP contribution in [0.4, 0.5) is 0 Å². The Kier molecular flexibility index (Phi) is 4.14. The minimum Gasteiger partial charge on any atom is -0.394 e. The Labute approximate surface area is 120 Å². The Hall–Kier alpha value is -1.24. The van der Waals surface area contributed by atoms with E-state index in [1.54, 1.807) is 22.2 Å². The van der Waals surface area contributed by atoms with Gasteiger partial charge in [0.05, 0.1) is 38.1 Å². The molecule has 0 amide bonds. The van der Waals surface area contributed by atoms with Gasteiger partial charge in [-0.25, -0.2) is 4.98 Å². The van der Waals surface area contributed by atoms with Gasteiger partial charge < -0.3 is 9.84 Å². The summed E-state index contributed by atoms with van der Waals surface area (Å²) in [6.07, 6.45) is 6.05. The van der Waals surface area contributed by atoms with Crippen LogP contribution in [0.1, 0.15) is 23.3 Å². The molecular formula is C14H18N2O3S. The summed E-state index contributed by atoms with van der Waals surface area (Å²) < 4.78 is 6.83. The molecular weight excluding hydrogens is 276 g/mol. The minimum atomic E-state index is 0.00419. The number of thiophene rings is 1. The predicted molar refractivity (Wildman–Crippen MR) is 78.4 cm³/mol. The molecule has 0 bridgehead atoms. The molecule has 6 heteroatoms. The molecule has 108 valence electrons. The third kappa shape index (κ3) is 2.51. The van der Waals surface area contributed by atoms with Gasteiger partial charge in [0.25, 0.3) is 5.56 Å². The molecule has 20 heavy (non-hydrogen) atoms. The highest BCUT2D eigenvalue weighted by Crippen LogP contribution is 2.33. The van der Waals surface area contributed by atoms with Crippen LogP contribution in [0.15, 0.2) is 11.1 Å². The smallest absolute Gasteiger partial charge is 0.262 e. The lowest BCUT2D eigenvalue weighted by Crippen LogP contribution is -2.23. The summed E-state index contributed by atoms with van der Waals surface area (Å²) in [5.41, 5.74) is 1.27. The van der Waals surface area contributed by atoms with Crippen LogP contribution in [-0.4, -0.2) is 34.5 Å². The number of hydrogen-bond donors (Lipinski definition) is 1. The standard InChI is InChI=1S/C14H18N2O3S/c17-6-8-19-7-5-16-9-15-13-12(14(16)18)10-3-1-2-4-11(10)20-13/h9,17H,1-8H2. The van der Waals surface area contributed by atoms with Gasteiger partial charge in [0.1, 0.15) is 4.83 Å². The van der Waals surface area contributed by atoms with E-state index < -0.39 is 0 Å². The summed E-state index contributed by atoms with van der Waals surface area (Å²) in [4.78, 5) is 19.2. The first-order chi connectivity index (χ1) is 9.81. The van der Waals surface area contributed by atoms with Gasteiger partial charge in [0.15, 0.2) is 0 Å². The number of aliphatic hydroxyl groups excluding tert-OH is 1. The van der Waals surface area contributed by atoms with Crippen molar-refractivity contribution < 1.29 is 9.84 Å². The van der Waals surface area contributed by atoms with Gasteiger partial charge in [-0.2, -0.15) is 0 Å². The average molecular weight is 294 g/mol. The third-order valence-corrected chi connectivity index (χ3v) is 4.85. The van der Waals surface area contributed by atoms with Gasteiger partial charge in [-0.1, -0.05) is 0 Å². The molecule has 2 aromatic rings. The number of aryl methyl sites for hydroxylation is 2. The van der Waals surface area contributed by atoms with Crippen LogP contribution in [0.5, 0.6) is 0 Å². The van der Waals surface area contributed by atoms with Gasteiger partial charge >= 0.3 is 0 Å². The zero-order valence-corrected chi connectivity index (χ0v) is 12.1.